The van der Waals surface area contributed by atoms with Crippen molar-refractivity contribution in [2.75, 3.05) is 27.4 Å². The third-order valence-electron chi connectivity index (χ3n) is 4.62. The van der Waals surface area contributed by atoms with Gasteiger partial charge in [-0.3, -0.25) is 9.69 Å². The number of methoxy groups -OCH3 is 2. The quantitative estimate of drug-likeness (QED) is 0.417. The van der Waals surface area contributed by atoms with E-state index in [1.165, 1.54) is 6.33 Å². The summed E-state index contributed by atoms with van der Waals surface area (Å²) in [5, 5.41) is 10.2. The molecule has 0 bridgehead atoms. The monoisotopic (exact) mass is 472 g/mol. The molecule has 2 heterocycles. The molecule has 0 fully saturated rings. The van der Waals surface area contributed by atoms with Crippen LogP contribution in [0.25, 0.3) is 10.6 Å². The first-order valence-corrected chi connectivity index (χ1v) is 10.8. The van der Waals surface area contributed by atoms with Gasteiger partial charge in [0, 0.05) is 42.7 Å². The normalized spacial score (nSPS) is 10.8. The molecule has 0 saturated heterocycles. The smallest absolute Gasteiger partial charge is 0.347 e. The standard InChI is InChI=1S/C22H24N4O6S/c1-4-32-19(27)12-26(10-14-5-6-16(30-2)7-18(14)31-3)11-17-20(22(28)29)33-21(25-17)15-8-23-13-24-9-15/h5-9,13H,4,10-12H2,1-3H3,(H,28,29). The van der Waals surface area contributed by atoms with Crippen LogP contribution in [-0.4, -0.2) is 64.3 Å². The van der Waals surface area contributed by atoms with Crippen molar-refractivity contribution < 1.29 is 28.9 Å². The zero-order valence-electron chi connectivity index (χ0n) is 18.5. The molecule has 0 radical (unpaired) electrons. The maximum atomic E-state index is 12.3. The third-order valence-corrected chi connectivity index (χ3v) is 5.75. The second-order valence-electron chi connectivity index (χ2n) is 6.86. The molecule has 0 saturated carbocycles. The number of aromatic nitrogens is 3. The van der Waals surface area contributed by atoms with Gasteiger partial charge in [-0.15, -0.1) is 11.3 Å². The Morgan fingerprint density at radius 1 is 1.12 bits per heavy atom. The largest absolute Gasteiger partial charge is 0.497 e. The highest BCUT2D eigenvalue weighted by molar-refractivity contribution is 7.17. The van der Waals surface area contributed by atoms with E-state index in [1.54, 1.807) is 50.6 Å². The highest BCUT2D eigenvalue weighted by Gasteiger charge is 2.23. The molecule has 0 atom stereocenters. The Balaban J connectivity index is 1.93. The van der Waals surface area contributed by atoms with E-state index in [4.69, 9.17) is 14.2 Å². The number of carboxylic acids is 1. The molecule has 0 spiro atoms. The predicted molar refractivity (Wildman–Crippen MR) is 120 cm³/mol. The molecule has 1 N–H and O–H groups in total. The van der Waals surface area contributed by atoms with Gasteiger partial charge in [-0.1, -0.05) is 6.07 Å². The van der Waals surface area contributed by atoms with E-state index >= 15 is 0 Å². The second kappa shape index (κ2) is 11.3. The van der Waals surface area contributed by atoms with E-state index in [9.17, 15) is 14.7 Å². The summed E-state index contributed by atoms with van der Waals surface area (Å²) in [6.45, 7) is 2.33. The Morgan fingerprint density at radius 2 is 1.88 bits per heavy atom. The van der Waals surface area contributed by atoms with Crippen molar-refractivity contribution in [1.82, 2.24) is 19.9 Å². The lowest BCUT2D eigenvalue weighted by atomic mass is 10.1. The number of aromatic carboxylic acids is 1. The van der Waals surface area contributed by atoms with E-state index < -0.39 is 11.9 Å². The van der Waals surface area contributed by atoms with Gasteiger partial charge < -0.3 is 19.3 Å². The number of carbonyl (C=O) groups is 2. The average Bonchev–Trinajstić information content (AvgIpc) is 3.24. The van der Waals surface area contributed by atoms with Gasteiger partial charge in [0.25, 0.3) is 0 Å². The van der Waals surface area contributed by atoms with Crippen LogP contribution in [0.1, 0.15) is 27.9 Å². The summed E-state index contributed by atoms with van der Waals surface area (Å²) in [5.74, 6) is -0.297. The summed E-state index contributed by atoms with van der Waals surface area (Å²) in [6.07, 6.45) is 4.53. The predicted octanol–water partition coefficient (Wildman–Crippen LogP) is 2.88. The summed E-state index contributed by atoms with van der Waals surface area (Å²) in [7, 11) is 3.11. The first-order valence-electron chi connectivity index (χ1n) is 10.0. The molecule has 3 aromatic rings. The average molecular weight is 473 g/mol. The zero-order chi connectivity index (χ0) is 23.8. The van der Waals surface area contributed by atoms with Crippen LogP contribution in [0, 0.1) is 0 Å². The molecule has 33 heavy (non-hydrogen) atoms. The Bertz CT molecular complexity index is 1110. The first kappa shape index (κ1) is 24.1. The van der Waals surface area contributed by atoms with E-state index in [1.807, 2.05) is 6.07 Å². The Kier molecular flexibility index (Phi) is 8.28. The van der Waals surface area contributed by atoms with Gasteiger partial charge in [0.2, 0.25) is 0 Å². The van der Waals surface area contributed by atoms with Gasteiger partial charge in [-0.25, -0.2) is 19.7 Å². The minimum atomic E-state index is -1.09. The molecule has 10 nitrogen and oxygen atoms in total. The van der Waals surface area contributed by atoms with Gasteiger partial charge in [-0.05, 0) is 13.0 Å². The summed E-state index contributed by atoms with van der Waals surface area (Å²) in [5.41, 5.74) is 1.75. The van der Waals surface area contributed by atoms with E-state index in [-0.39, 0.29) is 24.6 Å². The maximum Gasteiger partial charge on any atom is 0.347 e. The van der Waals surface area contributed by atoms with Gasteiger partial charge >= 0.3 is 11.9 Å². The van der Waals surface area contributed by atoms with Crippen molar-refractivity contribution in [3.63, 3.8) is 0 Å². The summed E-state index contributed by atoms with van der Waals surface area (Å²) >= 11 is 1.04. The lowest BCUT2D eigenvalue weighted by molar-refractivity contribution is -0.144. The van der Waals surface area contributed by atoms with Crippen molar-refractivity contribution >= 4 is 23.3 Å². The molecule has 0 aliphatic heterocycles. The van der Waals surface area contributed by atoms with Gasteiger partial charge in [0.1, 0.15) is 27.7 Å². The van der Waals surface area contributed by atoms with Crippen molar-refractivity contribution in [3.8, 4) is 22.1 Å². The topological polar surface area (TPSA) is 124 Å². The molecule has 174 valence electrons. The highest BCUT2D eigenvalue weighted by atomic mass is 32.1. The molecule has 2 aromatic heterocycles. The molecule has 0 unspecified atom stereocenters. The fourth-order valence-electron chi connectivity index (χ4n) is 3.15. The minimum Gasteiger partial charge on any atom is -0.497 e. The van der Waals surface area contributed by atoms with Gasteiger partial charge in [0.15, 0.2) is 0 Å². The van der Waals surface area contributed by atoms with E-state index in [0.29, 0.717) is 34.3 Å². The maximum absolute atomic E-state index is 12.3. The molecule has 1 aromatic carbocycles. The Morgan fingerprint density at radius 3 is 2.52 bits per heavy atom. The van der Waals surface area contributed by atoms with Crippen LogP contribution in [0.2, 0.25) is 0 Å². The van der Waals surface area contributed by atoms with Crippen LogP contribution in [-0.2, 0) is 22.6 Å². The molecule has 3 rings (SSSR count). The molecular formula is C22H24N4O6S. The van der Waals surface area contributed by atoms with Crippen molar-refractivity contribution in [3.05, 3.63) is 53.1 Å². The number of esters is 1. The number of rotatable bonds is 11. The first-order chi connectivity index (χ1) is 15.9. The number of hydrogen-bond acceptors (Lipinski definition) is 10. The number of ether oxygens (including phenoxy) is 3. The zero-order valence-corrected chi connectivity index (χ0v) is 19.3. The molecule has 0 aliphatic rings. The number of carbonyl (C=O) groups excluding carboxylic acids is 1. The molecule has 11 heteroatoms. The van der Waals surface area contributed by atoms with E-state index in [2.05, 4.69) is 15.0 Å². The fraction of sp³-hybridized carbons (Fsp3) is 0.318. The third kappa shape index (κ3) is 6.24. The van der Waals surface area contributed by atoms with Gasteiger partial charge in [-0.2, -0.15) is 0 Å². The lowest BCUT2D eigenvalue weighted by Gasteiger charge is -2.22. The van der Waals surface area contributed by atoms with Crippen molar-refractivity contribution in [2.45, 2.75) is 20.0 Å². The van der Waals surface area contributed by atoms with Crippen LogP contribution < -0.4 is 9.47 Å². The summed E-state index contributed by atoms with van der Waals surface area (Å²) in [6, 6.07) is 5.37. The number of hydrogen-bond donors (Lipinski definition) is 1. The molecule has 0 amide bonds. The van der Waals surface area contributed by atoms with E-state index in [0.717, 1.165) is 16.9 Å². The summed E-state index contributed by atoms with van der Waals surface area (Å²) in [4.78, 5) is 38.5. The Hall–Kier alpha value is -3.57. The Labute approximate surface area is 194 Å². The summed E-state index contributed by atoms with van der Waals surface area (Å²) < 4.78 is 15.8. The lowest BCUT2D eigenvalue weighted by Crippen LogP contribution is -2.31. The van der Waals surface area contributed by atoms with Crippen LogP contribution in [0.3, 0.4) is 0 Å². The van der Waals surface area contributed by atoms with Gasteiger partial charge in [0.05, 0.1) is 33.1 Å². The molecular weight excluding hydrogens is 448 g/mol. The molecule has 0 aliphatic carbocycles. The van der Waals surface area contributed by atoms with Crippen LogP contribution in [0.5, 0.6) is 11.5 Å². The number of carboxylic acid groups (broad SMARTS) is 1. The van der Waals surface area contributed by atoms with Crippen molar-refractivity contribution in [2.24, 2.45) is 0 Å². The van der Waals surface area contributed by atoms with Crippen LogP contribution in [0.4, 0.5) is 0 Å². The number of benzene rings is 1. The second-order valence-corrected chi connectivity index (χ2v) is 7.85. The minimum absolute atomic E-state index is 0.0522. The fourth-order valence-corrected chi connectivity index (χ4v) is 4.04. The van der Waals surface area contributed by atoms with Crippen LogP contribution in [0.15, 0.2) is 36.9 Å². The highest BCUT2D eigenvalue weighted by Crippen LogP contribution is 2.30. The number of thiazole rings is 1. The SMILES string of the molecule is CCOC(=O)CN(Cc1ccc(OC)cc1OC)Cc1nc(-c2cncnc2)sc1C(=O)O. The number of nitrogens with zero attached hydrogens (tertiary/aromatic N) is 4. The van der Waals surface area contributed by atoms with Crippen LogP contribution >= 0.6 is 11.3 Å². The van der Waals surface area contributed by atoms with Crippen molar-refractivity contribution in [1.29, 1.82) is 0 Å².